The van der Waals surface area contributed by atoms with Crippen LogP contribution in [0.1, 0.15) is 11.1 Å². The van der Waals surface area contributed by atoms with E-state index in [4.69, 9.17) is 0 Å². The van der Waals surface area contributed by atoms with E-state index in [1.807, 2.05) is 36.4 Å². The summed E-state index contributed by atoms with van der Waals surface area (Å²) in [5.41, 5.74) is 2.21. The summed E-state index contributed by atoms with van der Waals surface area (Å²) in [7, 11) is -1.92. The van der Waals surface area contributed by atoms with Gasteiger partial charge in [-0.1, -0.05) is 60.7 Å². The van der Waals surface area contributed by atoms with Gasteiger partial charge in [0.25, 0.3) is 0 Å². The van der Waals surface area contributed by atoms with Crippen LogP contribution >= 0.6 is 7.26 Å². The summed E-state index contributed by atoms with van der Waals surface area (Å²) in [6.45, 7) is 0. The Morgan fingerprint density at radius 1 is 0.467 bits per heavy atom. The summed E-state index contributed by atoms with van der Waals surface area (Å²) in [5, 5.41) is 2.58. The van der Waals surface area contributed by atoms with Gasteiger partial charge in [0.15, 0.2) is 0 Å². The molecule has 0 radical (unpaired) electrons. The third-order valence-electron chi connectivity index (χ3n) is 5.23. The van der Waals surface area contributed by atoms with Gasteiger partial charge in [0.05, 0.1) is 30.2 Å². The molecule has 0 aliphatic heterocycles. The maximum Gasteiger partial charge on any atom is 0.123 e. The van der Waals surface area contributed by atoms with Crippen molar-refractivity contribution in [2.75, 3.05) is 0 Å². The fourth-order valence-electron chi connectivity index (χ4n) is 3.80. The van der Waals surface area contributed by atoms with Gasteiger partial charge < -0.3 is 17.0 Å². The maximum atomic E-state index is 13.5. The number of benzene rings is 4. The van der Waals surface area contributed by atoms with Crippen LogP contribution in [0.25, 0.3) is 0 Å². The number of hydrogen-bond acceptors (Lipinski definition) is 0. The molecule has 0 saturated carbocycles. The molecule has 4 heteroatoms. The van der Waals surface area contributed by atoms with E-state index in [2.05, 4.69) is 48.5 Å². The molecule has 0 aliphatic carbocycles. The highest BCUT2D eigenvalue weighted by Crippen LogP contribution is 2.61. The second-order valence-corrected chi connectivity index (χ2v) is 10.8. The minimum atomic E-state index is -1.92. The van der Waals surface area contributed by atoms with Crippen molar-refractivity contribution in [3.8, 4) is 0 Å². The molecule has 0 unspecified atom stereocenters. The van der Waals surface area contributed by atoms with Gasteiger partial charge in [-0.15, -0.1) is 0 Å². The first-order valence-corrected chi connectivity index (χ1v) is 11.8. The molecule has 0 spiro atoms. The van der Waals surface area contributed by atoms with Crippen LogP contribution in [-0.2, 0) is 12.3 Å². The summed E-state index contributed by atoms with van der Waals surface area (Å²) in [6, 6.07) is 34.7. The Labute approximate surface area is 187 Å². The lowest BCUT2D eigenvalue weighted by atomic mass is 10.2. The van der Waals surface area contributed by atoms with Gasteiger partial charge in [-0.05, 0) is 59.7 Å². The Morgan fingerprint density at radius 3 is 1.13 bits per heavy atom. The van der Waals surface area contributed by atoms with E-state index < -0.39 is 7.26 Å². The van der Waals surface area contributed by atoms with Gasteiger partial charge in [-0.2, -0.15) is 0 Å². The highest BCUT2D eigenvalue weighted by Gasteiger charge is 2.43. The maximum absolute atomic E-state index is 13.5. The van der Waals surface area contributed by atoms with Crippen LogP contribution in [0.15, 0.2) is 109 Å². The van der Waals surface area contributed by atoms with E-state index in [-0.39, 0.29) is 28.6 Å². The Bertz CT molecular complexity index is 961. The standard InChI is InChI=1S/C26H22F2P.BrH/c27-23-15-11-21(12-16-23)19-29(25-7-3-1-4-8-25,26-9-5-2-6-10-26)20-22-13-17-24(28)18-14-22;/h1-18H,19-20H2;1H/q+1;/p-1. The third kappa shape index (κ3) is 5.03. The Morgan fingerprint density at radius 2 is 0.800 bits per heavy atom. The van der Waals surface area contributed by atoms with Crippen molar-refractivity contribution >= 4 is 17.9 Å². The Balaban J connectivity index is 0.00000256. The van der Waals surface area contributed by atoms with Crippen LogP contribution in [-0.4, -0.2) is 0 Å². The molecule has 0 atom stereocenters. The van der Waals surface area contributed by atoms with Crippen LogP contribution in [0.5, 0.6) is 0 Å². The van der Waals surface area contributed by atoms with Gasteiger partial charge in [0.1, 0.15) is 11.6 Å². The van der Waals surface area contributed by atoms with Crippen molar-refractivity contribution in [3.63, 3.8) is 0 Å². The first kappa shape index (κ1) is 22.3. The van der Waals surface area contributed by atoms with E-state index in [9.17, 15) is 8.78 Å². The topological polar surface area (TPSA) is 0 Å². The van der Waals surface area contributed by atoms with Crippen molar-refractivity contribution in [3.05, 3.63) is 132 Å². The first-order valence-electron chi connectivity index (χ1n) is 9.63. The van der Waals surface area contributed by atoms with Crippen LogP contribution < -0.4 is 27.6 Å². The number of rotatable bonds is 6. The molecule has 0 nitrogen and oxygen atoms in total. The quantitative estimate of drug-likeness (QED) is 0.370. The molecular formula is C26H22BrF2P. The van der Waals surface area contributed by atoms with Crippen molar-refractivity contribution in [2.45, 2.75) is 12.3 Å². The fourth-order valence-corrected chi connectivity index (χ4v) is 8.09. The van der Waals surface area contributed by atoms with Crippen LogP contribution in [0.2, 0.25) is 0 Å². The van der Waals surface area contributed by atoms with E-state index in [0.717, 1.165) is 23.5 Å². The van der Waals surface area contributed by atoms with E-state index in [1.165, 1.54) is 34.9 Å². The van der Waals surface area contributed by atoms with Crippen molar-refractivity contribution in [1.82, 2.24) is 0 Å². The zero-order valence-corrected chi connectivity index (χ0v) is 18.9. The van der Waals surface area contributed by atoms with Crippen LogP contribution in [0.4, 0.5) is 8.78 Å². The van der Waals surface area contributed by atoms with Gasteiger partial charge in [0, 0.05) is 0 Å². The molecule has 4 rings (SSSR count). The SMILES string of the molecule is Fc1ccc(C[P+](Cc2ccc(F)cc2)(c2ccccc2)c2ccccc2)cc1.[Br-]. The van der Waals surface area contributed by atoms with E-state index in [0.29, 0.717) is 0 Å². The van der Waals surface area contributed by atoms with Crippen molar-refractivity contribution in [1.29, 1.82) is 0 Å². The van der Waals surface area contributed by atoms with Crippen molar-refractivity contribution in [2.24, 2.45) is 0 Å². The second kappa shape index (κ2) is 10.1. The molecule has 4 aromatic carbocycles. The average Bonchev–Trinajstić information content (AvgIpc) is 2.77. The summed E-state index contributed by atoms with van der Waals surface area (Å²) < 4.78 is 27.0. The summed E-state index contributed by atoms with van der Waals surface area (Å²) in [6.07, 6.45) is 1.64. The third-order valence-corrected chi connectivity index (χ3v) is 9.62. The van der Waals surface area contributed by atoms with E-state index >= 15 is 0 Å². The average molecular weight is 483 g/mol. The van der Waals surface area contributed by atoms with Crippen molar-refractivity contribution < 1.29 is 25.8 Å². The molecule has 0 bridgehead atoms. The van der Waals surface area contributed by atoms with Gasteiger partial charge in [-0.25, -0.2) is 8.78 Å². The lowest BCUT2D eigenvalue weighted by Crippen LogP contribution is -3.00. The minimum absolute atomic E-state index is 0. The van der Waals surface area contributed by atoms with Crippen LogP contribution in [0.3, 0.4) is 0 Å². The largest absolute Gasteiger partial charge is 1.00 e. The summed E-state index contributed by atoms with van der Waals surface area (Å²) >= 11 is 0. The molecule has 152 valence electrons. The molecule has 0 saturated heterocycles. The Hall–Kier alpha value is -2.35. The van der Waals surface area contributed by atoms with Gasteiger partial charge in [0.2, 0.25) is 0 Å². The zero-order valence-electron chi connectivity index (χ0n) is 16.4. The predicted octanol–water partition coefficient (Wildman–Crippen LogP) is 3.34. The van der Waals surface area contributed by atoms with Crippen LogP contribution in [0, 0.1) is 11.6 Å². The Kier molecular flexibility index (Phi) is 7.53. The highest BCUT2D eigenvalue weighted by atomic mass is 79.9. The molecular weight excluding hydrogens is 461 g/mol. The fraction of sp³-hybridized carbons (Fsp3) is 0.0769. The lowest BCUT2D eigenvalue weighted by Gasteiger charge is -2.28. The second-order valence-electron chi connectivity index (χ2n) is 7.21. The normalized spacial score (nSPS) is 11.0. The molecule has 0 fully saturated rings. The molecule has 30 heavy (non-hydrogen) atoms. The molecule has 0 aliphatic rings. The minimum Gasteiger partial charge on any atom is -1.00 e. The monoisotopic (exact) mass is 482 g/mol. The smallest absolute Gasteiger partial charge is 0.123 e. The number of hydrogen-bond donors (Lipinski definition) is 0. The lowest BCUT2D eigenvalue weighted by molar-refractivity contribution is -0.00000697. The molecule has 0 heterocycles. The zero-order chi connectivity index (χ0) is 20.1. The summed E-state index contributed by atoms with van der Waals surface area (Å²) in [5.74, 6) is -0.453. The van der Waals surface area contributed by atoms with Gasteiger partial charge in [-0.3, -0.25) is 0 Å². The van der Waals surface area contributed by atoms with E-state index in [1.54, 1.807) is 0 Å². The van der Waals surface area contributed by atoms with Gasteiger partial charge >= 0.3 is 0 Å². The molecule has 0 amide bonds. The molecule has 0 N–H and O–H groups in total. The number of halogens is 3. The highest BCUT2D eigenvalue weighted by molar-refractivity contribution is 7.88. The molecule has 0 aromatic heterocycles. The first-order chi connectivity index (χ1) is 14.2. The summed E-state index contributed by atoms with van der Waals surface area (Å²) in [4.78, 5) is 0. The molecule has 4 aromatic rings. The predicted molar refractivity (Wildman–Crippen MR) is 119 cm³/mol.